The number of hydrogen-bond acceptors (Lipinski definition) is 0. The highest BCUT2D eigenvalue weighted by molar-refractivity contribution is 5.25. The van der Waals surface area contributed by atoms with Crippen LogP contribution in [0.4, 0.5) is 0 Å². The van der Waals surface area contributed by atoms with E-state index in [1.165, 1.54) is 11.1 Å². The van der Waals surface area contributed by atoms with Gasteiger partial charge in [0.05, 0.1) is 0 Å². The molecule has 0 aliphatic rings. The van der Waals surface area contributed by atoms with Crippen molar-refractivity contribution in [3.05, 3.63) is 36.0 Å². The van der Waals surface area contributed by atoms with Gasteiger partial charge in [-0.2, -0.15) is 0 Å². The average molecular weight is 198 g/mol. The van der Waals surface area contributed by atoms with Gasteiger partial charge in [0, 0.05) is 0 Å². The number of hydrogen-bond donors (Lipinski definition) is 0. The molecule has 14 heavy (non-hydrogen) atoms. The standard InChI is InChI=1S/C9H14.2C2H6.CH4/c1-5-8(3)7-9(4)6-2;2*1-2;/h5-7H,1H2,2-4H3;2*1-2H3;1H4/b8-7-,9-6-;;;. The van der Waals surface area contributed by atoms with Gasteiger partial charge in [-0.3, -0.25) is 0 Å². The molecule has 0 unspecified atom stereocenters. The third-order valence-electron chi connectivity index (χ3n) is 1.23. The van der Waals surface area contributed by atoms with E-state index in [0.29, 0.717) is 0 Å². The molecule has 0 saturated heterocycles. The van der Waals surface area contributed by atoms with Crippen LogP contribution in [0.3, 0.4) is 0 Å². The van der Waals surface area contributed by atoms with E-state index < -0.39 is 0 Å². The molecule has 0 fully saturated rings. The second-order valence-electron chi connectivity index (χ2n) is 2.13. The molecule has 86 valence electrons. The summed E-state index contributed by atoms with van der Waals surface area (Å²) in [5, 5.41) is 0. The minimum Gasteiger partial charge on any atom is -0.0988 e. The molecule has 0 saturated carbocycles. The molecule has 0 aliphatic heterocycles. The minimum absolute atomic E-state index is 0. The molecular formula is C14H30. The maximum absolute atomic E-state index is 3.65. The summed E-state index contributed by atoms with van der Waals surface area (Å²) in [4.78, 5) is 0. The summed E-state index contributed by atoms with van der Waals surface area (Å²) in [6.45, 7) is 17.8. The maximum Gasteiger partial charge on any atom is -0.0398 e. The van der Waals surface area contributed by atoms with Crippen molar-refractivity contribution in [2.75, 3.05) is 0 Å². The molecule has 0 amide bonds. The Hall–Kier alpha value is -0.780. The fraction of sp³-hybridized carbons (Fsp3) is 0.571. The van der Waals surface area contributed by atoms with E-state index >= 15 is 0 Å². The van der Waals surface area contributed by atoms with Crippen molar-refractivity contribution in [1.29, 1.82) is 0 Å². The van der Waals surface area contributed by atoms with Crippen LogP contribution in [-0.4, -0.2) is 0 Å². The molecule has 0 heterocycles. The average Bonchev–Trinajstić information content (AvgIpc) is 2.23. The topological polar surface area (TPSA) is 0 Å². The van der Waals surface area contributed by atoms with E-state index in [2.05, 4.69) is 25.7 Å². The fourth-order valence-corrected chi connectivity index (χ4v) is 0.501. The first-order valence-corrected chi connectivity index (χ1v) is 5.14. The van der Waals surface area contributed by atoms with Gasteiger partial charge in [0.1, 0.15) is 0 Å². The van der Waals surface area contributed by atoms with E-state index in [1.54, 1.807) is 0 Å². The molecule has 0 aliphatic carbocycles. The molecule has 0 nitrogen and oxygen atoms in total. The van der Waals surface area contributed by atoms with E-state index in [4.69, 9.17) is 0 Å². The van der Waals surface area contributed by atoms with Crippen molar-refractivity contribution in [1.82, 2.24) is 0 Å². The van der Waals surface area contributed by atoms with Crippen LogP contribution < -0.4 is 0 Å². The zero-order valence-electron chi connectivity index (χ0n) is 10.4. The summed E-state index contributed by atoms with van der Waals surface area (Å²) >= 11 is 0. The lowest BCUT2D eigenvalue weighted by molar-refractivity contribution is 1.42. The van der Waals surface area contributed by atoms with Crippen LogP contribution in [0, 0.1) is 0 Å². The Bertz CT molecular complexity index is 147. The Morgan fingerprint density at radius 3 is 1.50 bits per heavy atom. The largest absolute Gasteiger partial charge is 0.0988 e. The van der Waals surface area contributed by atoms with Crippen molar-refractivity contribution in [3.8, 4) is 0 Å². The van der Waals surface area contributed by atoms with Crippen molar-refractivity contribution >= 4 is 0 Å². The van der Waals surface area contributed by atoms with Gasteiger partial charge < -0.3 is 0 Å². The van der Waals surface area contributed by atoms with Crippen LogP contribution in [0.15, 0.2) is 36.0 Å². The van der Waals surface area contributed by atoms with Crippen LogP contribution in [0.5, 0.6) is 0 Å². The predicted octanol–water partition coefficient (Wildman–Crippen LogP) is 5.77. The van der Waals surface area contributed by atoms with E-state index in [1.807, 2.05) is 47.6 Å². The zero-order chi connectivity index (χ0) is 11.3. The number of rotatable bonds is 2. The zero-order valence-corrected chi connectivity index (χ0v) is 10.4. The van der Waals surface area contributed by atoms with E-state index in [9.17, 15) is 0 Å². The molecule has 0 atom stereocenters. The second kappa shape index (κ2) is 22.8. The normalized spacial score (nSPS) is 9.64. The van der Waals surface area contributed by atoms with Crippen LogP contribution in [-0.2, 0) is 0 Å². The van der Waals surface area contributed by atoms with Crippen molar-refractivity contribution < 1.29 is 0 Å². The molecule has 0 aromatic rings. The molecule has 0 aromatic carbocycles. The second-order valence-corrected chi connectivity index (χ2v) is 2.13. The highest BCUT2D eigenvalue weighted by Gasteiger charge is 1.79. The van der Waals surface area contributed by atoms with Crippen molar-refractivity contribution in [2.24, 2.45) is 0 Å². The van der Waals surface area contributed by atoms with Crippen LogP contribution in [0.1, 0.15) is 55.9 Å². The highest BCUT2D eigenvalue weighted by Crippen LogP contribution is 2.00. The van der Waals surface area contributed by atoms with Gasteiger partial charge >= 0.3 is 0 Å². The SMILES string of the molecule is C.C=C/C(C)=C\C(C)=C/C.CC.CC. The first-order valence-electron chi connectivity index (χ1n) is 5.14. The summed E-state index contributed by atoms with van der Waals surface area (Å²) in [7, 11) is 0. The molecule has 0 radical (unpaired) electrons. The molecule has 0 aromatic heterocycles. The molecular weight excluding hydrogens is 168 g/mol. The van der Waals surface area contributed by atoms with E-state index in [0.717, 1.165) is 0 Å². The highest BCUT2D eigenvalue weighted by atomic mass is 13.9. The summed E-state index contributed by atoms with van der Waals surface area (Å²) < 4.78 is 0. The Morgan fingerprint density at radius 1 is 0.929 bits per heavy atom. The Labute approximate surface area is 92.4 Å². The molecule has 0 bridgehead atoms. The molecule has 0 heteroatoms. The number of allylic oxidation sites excluding steroid dienone is 5. The predicted molar refractivity (Wildman–Crippen MR) is 72.8 cm³/mol. The Morgan fingerprint density at radius 2 is 1.29 bits per heavy atom. The Balaban J connectivity index is -0.0000000883. The van der Waals surface area contributed by atoms with Crippen LogP contribution in [0.2, 0.25) is 0 Å². The van der Waals surface area contributed by atoms with Crippen molar-refractivity contribution in [3.63, 3.8) is 0 Å². The minimum atomic E-state index is 0. The quantitative estimate of drug-likeness (QED) is 0.494. The smallest absolute Gasteiger partial charge is 0.0398 e. The first kappa shape index (κ1) is 23.2. The lowest BCUT2D eigenvalue weighted by Gasteiger charge is -1.90. The molecule has 0 rings (SSSR count). The molecule has 0 N–H and O–H groups in total. The van der Waals surface area contributed by atoms with Gasteiger partial charge in [-0.25, -0.2) is 0 Å². The lowest BCUT2D eigenvalue weighted by Crippen LogP contribution is -1.69. The van der Waals surface area contributed by atoms with Crippen LogP contribution in [0.25, 0.3) is 0 Å². The lowest BCUT2D eigenvalue weighted by atomic mass is 10.2. The van der Waals surface area contributed by atoms with Gasteiger partial charge in [-0.1, -0.05) is 71.1 Å². The summed E-state index contributed by atoms with van der Waals surface area (Å²) in [6, 6.07) is 0. The maximum atomic E-state index is 3.65. The van der Waals surface area contributed by atoms with Gasteiger partial charge in [-0.15, -0.1) is 0 Å². The summed E-state index contributed by atoms with van der Waals surface area (Å²) in [6.07, 6.45) is 6.03. The van der Waals surface area contributed by atoms with Crippen molar-refractivity contribution in [2.45, 2.75) is 55.9 Å². The van der Waals surface area contributed by atoms with Gasteiger partial charge in [-0.05, 0) is 20.8 Å². The monoisotopic (exact) mass is 198 g/mol. The van der Waals surface area contributed by atoms with Gasteiger partial charge in [0.25, 0.3) is 0 Å². The van der Waals surface area contributed by atoms with E-state index in [-0.39, 0.29) is 7.43 Å². The fourth-order valence-electron chi connectivity index (χ4n) is 0.501. The first-order chi connectivity index (χ1) is 6.20. The van der Waals surface area contributed by atoms with Gasteiger partial charge in [0.2, 0.25) is 0 Å². The summed E-state index contributed by atoms with van der Waals surface area (Å²) in [5.41, 5.74) is 2.50. The Kier molecular flexibility index (Phi) is 37.8. The third kappa shape index (κ3) is 22.5. The third-order valence-corrected chi connectivity index (χ3v) is 1.23. The molecule has 0 spiro atoms. The summed E-state index contributed by atoms with van der Waals surface area (Å²) in [5.74, 6) is 0. The van der Waals surface area contributed by atoms with Crippen LogP contribution >= 0.6 is 0 Å². The van der Waals surface area contributed by atoms with Gasteiger partial charge in [0.15, 0.2) is 0 Å².